The van der Waals surface area contributed by atoms with Gasteiger partial charge >= 0.3 is 0 Å². The van der Waals surface area contributed by atoms with E-state index in [1.54, 1.807) is 0 Å². The predicted octanol–water partition coefficient (Wildman–Crippen LogP) is 3.24. The molecule has 2 aliphatic heterocycles. The second-order valence-corrected chi connectivity index (χ2v) is 9.59. The van der Waals surface area contributed by atoms with Crippen LogP contribution < -0.4 is 0 Å². The molecule has 2 fully saturated rings. The molecular weight excluding hydrogens is 372 g/mol. The lowest BCUT2D eigenvalue weighted by Crippen LogP contribution is -2.41. The van der Waals surface area contributed by atoms with E-state index in [2.05, 4.69) is 45.0 Å². The number of ether oxygens (including phenoxy) is 1. The van der Waals surface area contributed by atoms with Crippen molar-refractivity contribution in [2.75, 3.05) is 44.4 Å². The number of carbonyl (C=O) groups is 2. The first-order valence-electron chi connectivity index (χ1n) is 10.2. The quantitative estimate of drug-likeness (QED) is 0.756. The number of thioether (sulfide) groups is 1. The minimum absolute atomic E-state index is 0.108. The molecule has 0 aromatic heterocycles. The van der Waals surface area contributed by atoms with Crippen LogP contribution in [0.1, 0.15) is 50.8 Å². The number of hydrogen-bond donors (Lipinski definition) is 0. The number of nitrogens with zero attached hydrogens (tertiary/aromatic N) is 2. The molecule has 1 unspecified atom stereocenters. The maximum absolute atomic E-state index is 12.8. The second-order valence-electron chi connectivity index (χ2n) is 8.60. The highest BCUT2D eigenvalue weighted by atomic mass is 32.2. The molecule has 28 heavy (non-hydrogen) atoms. The largest absolute Gasteiger partial charge is 0.378 e. The van der Waals surface area contributed by atoms with E-state index in [-0.39, 0.29) is 23.3 Å². The molecule has 2 heterocycles. The molecular formula is C22H32N2O3S. The summed E-state index contributed by atoms with van der Waals surface area (Å²) in [4.78, 5) is 28.8. The van der Waals surface area contributed by atoms with Gasteiger partial charge < -0.3 is 14.5 Å². The van der Waals surface area contributed by atoms with Gasteiger partial charge in [0.05, 0.1) is 30.8 Å². The molecule has 2 saturated heterocycles. The van der Waals surface area contributed by atoms with Crippen LogP contribution in [0.4, 0.5) is 0 Å². The zero-order valence-electron chi connectivity index (χ0n) is 17.3. The molecule has 6 heteroatoms. The fourth-order valence-electron chi connectivity index (χ4n) is 3.83. The van der Waals surface area contributed by atoms with Gasteiger partial charge in [-0.15, -0.1) is 11.8 Å². The average Bonchev–Trinajstić information content (AvgIpc) is 3.18. The molecule has 154 valence electrons. The number of hydrogen-bond acceptors (Lipinski definition) is 4. The topological polar surface area (TPSA) is 49.9 Å². The summed E-state index contributed by atoms with van der Waals surface area (Å²) in [5, 5.41) is 0. The highest BCUT2D eigenvalue weighted by Crippen LogP contribution is 2.33. The van der Waals surface area contributed by atoms with Crippen molar-refractivity contribution in [3.8, 4) is 0 Å². The molecule has 1 aromatic carbocycles. The molecule has 2 amide bonds. The molecule has 0 spiro atoms. The van der Waals surface area contributed by atoms with E-state index in [1.165, 1.54) is 22.9 Å². The van der Waals surface area contributed by atoms with Crippen LogP contribution in [0.3, 0.4) is 0 Å². The number of carbonyl (C=O) groups excluding carboxylic acids is 2. The van der Waals surface area contributed by atoms with Crippen LogP contribution in [0.25, 0.3) is 0 Å². The monoisotopic (exact) mass is 404 g/mol. The predicted molar refractivity (Wildman–Crippen MR) is 114 cm³/mol. The zero-order chi connectivity index (χ0) is 20.1. The minimum atomic E-state index is 0.108. The normalized spacial score (nSPS) is 20.5. The third-order valence-electron chi connectivity index (χ3n) is 5.55. The molecule has 1 aromatic rings. The summed E-state index contributed by atoms with van der Waals surface area (Å²) in [7, 11) is 0. The smallest absolute Gasteiger partial charge is 0.233 e. The van der Waals surface area contributed by atoms with E-state index in [0.717, 1.165) is 19.4 Å². The molecule has 5 nitrogen and oxygen atoms in total. The Bertz CT molecular complexity index is 678. The van der Waals surface area contributed by atoms with Crippen LogP contribution in [-0.2, 0) is 19.7 Å². The van der Waals surface area contributed by atoms with E-state index in [1.807, 2.05) is 9.80 Å². The maximum Gasteiger partial charge on any atom is 0.233 e. The molecule has 0 saturated carbocycles. The van der Waals surface area contributed by atoms with E-state index >= 15 is 0 Å². The molecule has 3 rings (SSSR count). The van der Waals surface area contributed by atoms with Crippen molar-refractivity contribution in [2.24, 2.45) is 0 Å². The van der Waals surface area contributed by atoms with Gasteiger partial charge in [-0.3, -0.25) is 9.59 Å². The van der Waals surface area contributed by atoms with Gasteiger partial charge in [-0.05, 0) is 29.4 Å². The SMILES string of the molecule is CC(C)(C)c1ccc(C2CCCN2C(=O)CSCC(=O)N2CCOCC2)cc1. The van der Waals surface area contributed by atoms with Crippen molar-refractivity contribution < 1.29 is 14.3 Å². The highest BCUT2D eigenvalue weighted by Gasteiger charge is 2.30. The van der Waals surface area contributed by atoms with Gasteiger partial charge in [-0.2, -0.15) is 0 Å². The summed E-state index contributed by atoms with van der Waals surface area (Å²) in [6.07, 6.45) is 2.05. The van der Waals surface area contributed by atoms with Gasteiger partial charge in [0, 0.05) is 19.6 Å². The van der Waals surface area contributed by atoms with Crippen molar-refractivity contribution in [3.05, 3.63) is 35.4 Å². The Morgan fingerprint density at radius 3 is 2.32 bits per heavy atom. The second kappa shape index (κ2) is 9.31. The maximum atomic E-state index is 12.8. The Morgan fingerprint density at radius 1 is 1.04 bits per heavy atom. The molecule has 0 bridgehead atoms. The third-order valence-corrected chi connectivity index (χ3v) is 6.45. The van der Waals surface area contributed by atoms with Crippen molar-refractivity contribution in [1.82, 2.24) is 9.80 Å². The Labute approximate surface area is 172 Å². The average molecular weight is 405 g/mol. The Hall–Kier alpha value is -1.53. The zero-order valence-corrected chi connectivity index (χ0v) is 18.1. The van der Waals surface area contributed by atoms with Gasteiger partial charge in [-0.1, -0.05) is 45.0 Å². The summed E-state index contributed by atoms with van der Waals surface area (Å²) < 4.78 is 5.28. The lowest BCUT2D eigenvalue weighted by Gasteiger charge is -2.27. The van der Waals surface area contributed by atoms with Crippen molar-refractivity contribution in [2.45, 2.75) is 45.1 Å². The molecule has 0 aliphatic carbocycles. The molecule has 2 aliphatic rings. The van der Waals surface area contributed by atoms with Gasteiger partial charge in [0.1, 0.15) is 0 Å². The van der Waals surface area contributed by atoms with Gasteiger partial charge in [-0.25, -0.2) is 0 Å². The van der Waals surface area contributed by atoms with Crippen LogP contribution in [0.15, 0.2) is 24.3 Å². The van der Waals surface area contributed by atoms with E-state index in [4.69, 9.17) is 4.74 Å². The number of rotatable bonds is 5. The lowest BCUT2D eigenvalue weighted by molar-refractivity contribution is -0.132. The van der Waals surface area contributed by atoms with E-state index in [0.29, 0.717) is 37.8 Å². The Balaban J connectivity index is 1.52. The standard InChI is InChI=1S/C22H32N2O3S/c1-22(2,3)18-8-6-17(7-9-18)19-5-4-10-24(19)21(26)16-28-15-20(25)23-11-13-27-14-12-23/h6-9,19H,4-5,10-16H2,1-3H3. The van der Waals surface area contributed by atoms with Gasteiger partial charge in [0.25, 0.3) is 0 Å². The molecule has 0 radical (unpaired) electrons. The Kier molecular flexibility index (Phi) is 7.05. The van der Waals surface area contributed by atoms with Crippen LogP contribution in [0, 0.1) is 0 Å². The number of amides is 2. The van der Waals surface area contributed by atoms with Crippen LogP contribution in [-0.4, -0.2) is 66.0 Å². The van der Waals surface area contributed by atoms with Crippen LogP contribution in [0.2, 0.25) is 0 Å². The van der Waals surface area contributed by atoms with Crippen molar-refractivity contribution in [3.63, 3.8) is 0 Å². The lowest BCUT2D eigenvalue weighted by atomic mass is 9.86. The number of morpholine rings is 1. The number of likely N-dealkylation sites (tertiary alicyclic amines) is 1. The fourth-order valence-corrected chi connectivity index (χ4v) is 4.63. The summed E-state index contributed by atoms with van der Waals surface area (Å²) >= 11 is 1.43. The summed E-state index contributed by atoms with van der Waals surface area (Å²) in [5.41, 5.74) is 2.66. The summed E-state index contributed by atoms with van der Waals surface area (Å²) in [6.45, 7) is 9.98. The summed E-state index contributed by atoms with van der Waals surface area (Å²) in [5.74, 6) is 0.982. The van der Waals surface area contributed by atoms with Crippen LogP contribution in [0.5, 0.6) is 0 Å². The number of benzene rings is 1. The molecule has 0 N–H and O–H groups in total. The van der Waals surface area contributed by atoms with Gasteiger partial charge in [0.15, 0.2) is 0 Å². The first-order valence-corrected chi connectivity index (χ1v) is 11.3. The fraction of sp³-hybridized carbons (Fsp3) is 0.636. The van der Waals surface area contributed by atoms with Crippen molar-refractivity contribution in [1.29, 1.82) is 0 Å². The van der Waals surface area contributed by atoms with Gasteiger partial charge in [0.2, 0.25) is 11.8 Å². The van der Waals surface area contributed by atoms with Crippen molar-refractivity contribution >= 4 is 23.6 Å². The third kappa shape index (κ3) is 5.29. The first kappa shape index (κ1) is 21.2. The van der Waals surface area contributed by atoms with E-state index in [9.17, 15) is 9.59 Å². The van der Waals surface area contributed by atoms with E-state index < -0.39 is 0 Å². The Morgan fingerprint density at radius 2 is 1.68 bits per heavy atom. The minimum Gasteiger partial charge on any atom is -0.378 e. The molecule has 1 atom stereocenters. The first-order chi connectivity index (χ1) is 13.4. The van der Waals surface area contributed by atoms with Crippen LogP contribution >= 0.6 is 11.8 Å². The highest BCUT2D eigenvalue weighted by molar-refractivity contribution is 8.00. The summed E-state index contributed by atoms with van der Waals surface area (Å²) in [6, 6.07) is 8.88.